The molecule has 28 heavy (non-hydrogen) atoms. The van der Waals surface area contributed by atoms with Gasteiger partial charge in [0.25, 0.3) is 0 Å². The number of benzene rings is 1. The highest BCUT2D eigenvalue weighted by Crippen LogP contribution is 2.54. The Balaban J connectivity index is 1.44. The number of rotatable bonds is 2. The van der Waals surface area contributed by atoms with Crippen LogP contribution in [-0.4, -0.2) is 29.0 Å². The number of imidazole rings is 1. The molecular formula is C22H20N6. The van der Waals surface area contributed by atoms with Gasteiger partial charge in [-0.05, 0) is 38.6 Å². The van der Waals surface area contributed by atoms with Crippen LogP contribution in [-0.2, 0) is 0 Å². The van der Waals surface area contributed by atoms with Crippen LogP contribution in [0.3, 0.4) is 0 Å². The van der Waals surface area contributed by atoms with Gasteiger partial charge in [0.05, 0.1) is 17.1 Å². The molecule has 0 N–H and O–H groups in total. The lowest BCUT2D eigenvalue weighted by molar-refractivity contribution is 0.827. The monoisotopic (exact) mass is 368 g/mol. The standard InChI is InChI=1S/C22H20N6/c1-12-11-23-13(2)21-25-20(26-28(12)21)18-10-17(18)19-14(3)27-9-8-15-6-4-5-7-16(15)22(27)24-19/h4-9,11,17-18H,10H2,1-3H3. The third kappa shape index (κ3) is 2.08. The van der Waals surface area contributed by atoms with Gasteiger partial charge in [0.1, 0.15) is 5.65 Å². The van der Waals surface area contributed by atoms with Gasteiger partial charge in [0, 0.05) is 35.3 Å². The molecule has 0 amide bonds. The molecule has 0 bridgehead atoms. The van der Waals surface area contributed by atoms with Gasteiger partial charge in [-0.3, -0.25) is 4.98 Å². The summed E-state index contributed by atoms with van der Waals surface area (Å²) < 4.78 is 4.12. The lowest BCUT2D eigenvalue weighted by atomic mass is 10.2. The average molecular weight is 368 g/mol. The molecule has 2 unspecified atom stereocenters. The molecule has 4 heterocycles. The molecule has 6 nitrogen and oxygen atoms in total. The van der Waals surface area contributed by atoms with Gasteiger partial charge >= 0.3 is 0 Å². The highest BCUT2D eigenvalue weighted by atomic mass is 15.3. The Kier molecular flexibility index (Phi) is 3.02. The highest BCUT2D eigenvalue weighted by molar-refractivity contribution is 5.94. The Morgan fingerprint density at radius 3 is 2.68 bits per heavy atom. The van der Waals surface area contributed by atoms with Crippen molar-refractivity contribution in [2.45, 2.75) is 39.0 Å². The first-order chi connectivity index (χ1) is 13.6. The maximum absolute atomic E-state index is 5.06. The van der Waals surface area contributed by atoms with E-state index in [2.05, 4.69) is 52.8 Å². The van der Waals surface area contributed by atoms with Crippen LogP contribution in [0.15, 0.2) is 42.7 Å². The second-order valence-corrected chi connectivity index (χ2v) is 7.82. The van der Waals surface area contributed by atoms with Crippen LogP contribution >= 0.6 is 0 Å². The lowest BCUT2D eigenvalue weighted by Gasteiger charge is -2.01. The SMILES string of the molecule is Cc1ncc(C)n2nc(C3CC3c3nc4c5ccccc5ccn4c3C)nc12. The summed E-state index contributed by atoms with van der Waals surface area (Å²) in [4.78, 5) is 14.3. The van der Waals surface area contributed by atoms with Gasteiger partial charge in [0.15, 0.2) is 11.5 Å². The zero-order valence-electron chi connectivity index (χ0n) is 16.1. The van der Waals surface area contributed by atoms with Gasteiger partial charge in [-0.1, -0.05) is 24.3 Å². The second kappa shape index (κ2) is 5.38. The highest BCUT2D eigenvalue weighted by Gasteiger charge is 2.45. The van der Waals surface area contributed by atoms with Crippen molar-refractivity contribution < 1.29 is 0 Å². The fraction of sp³-hybridized carbons (Fsp3) is 0.273. The number of aryl methyl sites for hydroxylation is 3. The van der Waals surface area contributed by atoms with Crippen molar-refractivity contribution in [1.82, 2.24) is 29.0 Å². The second-order valence-electron chi connectivity index (χ2n) is 7.82. The Morgan fingerprint density at radius 1 is 0.964 bits per heavy atom. The molecular weight excluding hydrogens is 348 g/mol. The van der Waals surface area contributed by atoms with Crippen molar-refractivity contribution in [1.29, 1.82) is 0 Å². The van der Waals surface area contributed by atoms with E-state index in [9.17, 15) is 0 Å². The van der Waals surface area contributed by atoms with E-state index in [0.717, 1.165) is 34.9 Å². The largest absolute Gasteiger partial charge is 0.304 e. The minimum absolute atomic E-state index is 0.327. The average Bonchev–Trinajstić information content (AvgIpc) is 3.23. The van der Waals surface area contributed by atoms with Crippen LogP contribution in [0.25, 0.3) is 22.1 Å². The summed E-state index contributed by atoms with van der Waals surface area (Å²) in [6.45, 7) is 6.16. The number of pyridine rings is 1. The van der Waals surface area contributed by atoms with Crippen LogP contribution in [0.1, 0.15) is 46.9 Å². The zero-order chi connectivity index (χ0) is 19.0. The fourth-order valence-corrected chi connectivity index (χ4v) is 4.31. The van der Waals surface area contributed by atoms with E-state index in [1.807, 2.05) is 24.6 Å². The Labute approximate surface area is 161 Å². The molecule has 1 aromatic carbocycles. The van der Waals surface area contributed by atoms with Gasteiger partial charge in [-0.2, -0.15) is 5.10 Å². The first kappa shape index (κ1) is 15.7. The van der Waals surface area contributed by atoms with Crippen molar-refractivity contribution in [2.75, 3.05) is 0 Å². The van der Waals surface area contributed by atoms with Crippen molar-refractivity contribution >= 4 is 22.1 Å². The van der Waals surface area contributed by atoms with E-state index in [0.29, 0.717) is 11.8 Å². The molecule has 1 fully saturated rings. The lowest BCUT2D eigenvalue weighted by Crippen LogP contribution is -1.97. The third-order valence-electron chi connectivity index (χ3n) is 5.99. The fourth-order valence-electron chi connectivity index (χ4n) is 4.31. The maximum Gasteiger partial charge on any atom is 0.177 e. The van der Waals surface area contributed by atoms with Gasteiger partial charge < -0.3 is 4.40 Å². The van der Waals surface area contributed by atoms with E-state index in [1.165, 1.54) is 22.2 Å². The summed E-state index contributed by atoms with van der Waals surface area (Å²) in [6, 6.07) is 10.6. The molecule has 1 aliphatic carbocycles. The third-order valence-corrected chi connectivity index (χ3v) is 5.99. The molecule has 4 aromatic heterocycles. The normalized spacial score (nSPS) is 19.1. The van der Waals surface area contributed by atoms with E-state index in [-0.39, 0.29) is 0 Å². The van der Waals surface area contributed by atoms with Gasteiger partial charge in [0.2, 0.25) is 0 Å². The summed E-state index contributed by atoms with van der Waals surface area (Å²) in [5.41, 5.74) is 6.20. The van der Waals surface area contributed by atoms with Gasteiger partial charge in [-0.25, -0.2) is 14.5 Å². The molecule has 138 valence electrons. The summed E-state index contributed by atoms with van der Waals surface area (Å²) in [5, 5.41) is 7.19. The summed E-state index contributed by atoms with van der Waals surface area (Å²) in [5.74, 6) is 1.61. The number of aromatic nitrogens is 6. The smallest absolute Gasteiger partial charge is 0.177 e. The first-order valence-corrected chi connectivity index (χ1v) is 9.67. The predicted octanol–water partition coefficient (Wildman–Crippen LogP) is 4.12. The van der Waals surface area contributed by atoms with Crippen molar-refractivity contribution in [3.63, 3.8) is 0 Å². The molecule has 0 radical (unpaired) electrons. The molecule has 2 atom stereocenters. The van der Waals surface area contributed by atoms with Gasteiger partial charge in [-0.15, -0.1) is 0 Å². The first-order valence-electron chi connectivity index (χ1n) is 9.67. The summed E-state index contributed by atoms with van der Waals surface area (Å²) in [6.07, 6.45) is 5.02. The maximum atomic E-state index is 5.06. The quantitative estimate of drug-likeness (QED) is 0.470. The predicted molar refractivity (Wildman–Crippen MR) is 108 cm³/mol. The van der Waals surface area contributed by atoms with Crippen LogP contribution < -0.4 is 0 Å². The molecule has 0 spiro atoms. The number of hydrogen-bond acceptors (Lipinski definition) is 4. The summed E-state index contributed by atoms with van der Waals surface area (Å²) in [7, 11) is 0. The minimum Gasteiger partial charge on any atom is -0.304 e. The van der Waals surface area contributed by atoms with Crippen molar-refractivity contribution in [2.24, 2.45) is 0 Å². The summed E-state index contributed by atoms with van der Waals surface area (Å²) >= 11 is 0. The molecule has 1 aliphatic rings. The molecule has 0 saturated heterocycles. The Morgan fingerprint density at radius 2 is 1.82 bits per heavy atom. The molecule has 6 rings (SSSR count). The molecule has 0 aliphatic heterocycles. The van der Waals surface area contributed by atoms with Crippen LogP contribution in [0.2, 0.25) is 0 Å². The minimum atomic E-state index is 0.327. The molecule has 6 heteroatoms. The van der Waals surface area contributed by atoms with Crippen molar-refractivity contribution in [3.05, 3.63) is 71.3 Å². The van der Waals surface area contributed by atoms with E-state index in [1.54, 1.807) is 0 Å². The number of nitrogens with zero attached hydrogens (tertiary/aromatic N) is 6. The van der Waals surface area contributed by atoms with E-state index < -0.39 is 0 Å². The Hall–Kier alpha value is -3.28. The van der Waals surface area contributed by atoms with Crippen LogP contribution in [0.4, 0.5) is 0 Å². The van der Waals surface area contributed by atoms with Crippen molar-refractivity contribution in [3.8, 4) is 0 Å². The molecule has 1 saturated carbocycles. The molecule has 5 aromatic rings. The zero-order valence-corrected chi connectivity index (χ0v) is 16.1. The van der Waals surface area contributed by atoms with E-state index in [4.69, 9.17) is 15.1 Å². The number of hydrogen-bond donors (Lipinski definition) is 0. The topological polar surface area (TPSA) is 60.4 Å². The van der Waals surface area contributed by atoms with E-state index >= 15 is 0 Å². The van der Waals surface area contributed by atoms with Crippen LogP contribution in [0, 0.1) is 20.8 Å². The number of fused-ring (bicyclic) bond motifs is 4. The Bertz CT molecular complexity index is 1350. The van der Waals surface area contributed by atoms with Crippen LogP contribution in [0.5, 0.6) is 0 Å².